The minimum atomic E-state index is -4.84. The lowest BCUT2D eigenvalue weighted by Gasteiger charge is -2.10. The lowest BCUT2D eigenvalue weighted by molar-refractivity contribution is -0.141. The number of nitrogens with one attached hydrogen (secondary N) is 1. The molecule has 0 aliphatic heterocycles. The fraction of sp³-hybridized carbons (Fsp3) is 0.111. The Kier molecular flexibility index (Phi) is 5.73. The van der Waals surface area contributed by atoms with Crippen LogP contribution < -0.4 is 10.1 Å². The van der Waals surface area contributed by atoms with Crippen LogP contribution in [0.25, 0.3) is 5.69 Å². The molecule has 1 N–H and O–H groups in total. The summed E-state index contributed by atoms with van der Waals surface area (Å²) in [6.07, 6.45) is -4.84. The van der Waals surface area contributed by atoms with E-state index in [1.54, 1.807) is 18.2 Å². The molecule has 0 atom stereocenters. The predicted molar refractivity (Wildman–Crippen MR) is 94.6 cm³/mol. The Bertz CT molecular complexity index is 1020. The van der Waals surface area contributed by atoms with Crippen molar-refractivity contribution in [1.82, 2.24) is 9.78 Å². The zero-order chi connectivity index (χ0) is 21.2. The number of rotatable bonds is 5. The van der Waals surface area contributed by atoms with Crippen LogP contribution in [-0.2, 0) is 6.18 Å². The minimum Gasteiger partial charge on any atom is -0.417 e. The molecule has 0 radical (unpaired) electrons. The van der Waals surface area contributed by atoms with E-state index in [-0.39, 0.29) is 16.3 Å². The number of ether oxygens (including phenoxy) is 1. The van der Waals surface area contributed by atoms with Gasteiger partial charge in [-0.15, -0.1) is 0 Å². The van der Waals surface area contributed by atoms with E-state index in [0.29, 0.717) is 16.4 Å². The molecule has 1 amide bonds. The molecule has 0 unspecified atom stereocenters. The van der Waals surface area contributed by atoms with Gasteiger partial charge in [0.05, 0.1) is 16.3 Å². The van der Waals surface area contributed by atoms with Gasteiger partial charge in [0.1, 0.15) is 0 Å². The summed E-state index contributed by atoms with van der Waals surface area (Å²) in [5, 5.41) is 6.10. The number of halogens is 6. The molecule has 3 rings (SSSR count). The van der Waals surface area contributed by atoms with E-state index < -0.39 is 30.3 Å². The molecule has 2 aromatic carbocycles. The summed E-state index contributed by atoms with van der Waals surface area (Å²) >= 11 is 5.95. The van der Waals surface area contributed by atoms with Gasteiger partial charge >= 0.3 is 12.8 Å². The van der Waals surface area contributed by atoms with Crippen molar-refractivity contribution in [3.05, 3.63) is 70.9 Å². The number of benzene rings is 2. The van der Waals surface area contributed by atoms with Gasteiger partial charge in [-0.2, -0.15) is 27.1 Å². The van der Waals surface area contributed by atoms with Crippen molar-refractivity contribution in [2.75, 3.05) is 5.32 Å². The van der Waals surface area contributed by atoms with Crippen molar-refractivity contribution in [2.24, 2.45) is 0 Å². The molecule has 11 heteroatoms. The highest BCUT2D eigenvalue weighted by Crippen LogP contribution is 2.33. The monoisotopic (exact) mass is 431 g/mol. The van der Waals surface area contributed by atoms with Crippen LogP contribution in [0.15, 0.2) is 54.6 Å². The maximum atomic E-state index is 12.9. The third-order valence-electron chi connectivity index (χ3n) is 3.67. The maximum Gasteiger partial charge on any atom is 0.435 e. The Morgan fingerprint density at radius 1 is 1.10 bits per heavy atom. The van der Waals surface area contributed by atoms with Crippen molar-refractivity contribution >= 4 is 23.2 Å². The standard InChI is InChI=1S/C18H11ClF5N3O2/c19-13-4-2-1-3-12(13)16(28)25-10-5-7-11(8-6-10)27-15(29-17(20)21)9-14(26-27)18(22,23)24/h1-9,17H,(H,25,28). The number of alkyl halides is 5. The van der Waals surface area contributed by atoms with E-state index in [2.05, 4.69) is 15.2 Å². The Labute approximate surface area is 165 Å². The summed E-state index contributed by atoms with van der Waals surface area (Å²) < 4.78 is 68.3. The highest BCUT2D eigenvalue weighted by Gasteiger charge is 2.36. The lowest BCUT2D eigenvalue weighted by atomic mass is 10.2. The van der Waals surface area contributed by atoms with Crippen LogP contribution >= 0.6 is 11.6 Å². The van der Waals surface area contributed by atoms with Gasteiger partial charge in [0.15, 0.2) is 5.69 Å². The second-order valence-electron chi connectivity index (χ2n) is 5.64. The van der Waals surface area contributed by atoms with Gasteiger partial charge in [0, 0.05) is 11.8 Å². The molecule has 3 aromatic rings. The van der Waals surface area contributed by atoms with Gasteiger partial charge in [-0.25, -0.2) is 4.68 Å². The number of amides is 1. The van der Waals surface area contributed by atoms with Gasteiger partial charge in [-0.1, -0.05) is 23.7 Å². The van der Waals surface area contributed by atoms with Crippen molar-refractivity contribution < 1.29 is 31.5 Å². The molecular formula is C18H11ClF5N3O2. The highest BCUT2D eigenvalue weighted by molar-refractivity contribution is 6.34. The van der Waals surface area contributed by atoms with Crippen molar-refractivity contribution in [2.45, 2.75) is 12.8 Å². The van der Waals surface area contributed by atoms with Gasteiger partial charge < -0.3 is 10.1 Å². The Balaban J connectivity index is 1.85. The summed E-state index contributed by atoms with van der Waals surface area (Å²) in [6, 6.07) is 12.0. The Hall–Kier alpha value is -3.14. The molecule has 0 bridgehead atoms. The van der Waals surface area contributed by atoms with Crippen LogP contribution in [0.2, 0.25) is 5.02 Å². The van der Waals surface area contributed by atoms with Crippen LogP contribution in [0.1, 0.15) is 16.1 Å². The van der Waals surface area contributed by atoms with E-state index >= 15 is 0 Å². The zero-order valence-corrected chi connectivity index (χ0v) is 15.0. The number of carbonyl (C=O) groups excluding carboxylic acids is 1. The van der Waals surface area contributed by atoms with Crippen molar-refractivity contribution in [3.63, 3.8) is 0 Å². The summed E-state index contributed by atoms with van der Waals surface area (Å²) in [6.45, 7) is -3.33. The number of nitrogens with zero attached hydrogens (tertiary/aromatic N) is 2. The summed E-state index contributed by atoms with van der Waals surface area (Å²) in [4.78, 5) is 12.2. The predicted octanol–water partition coefficient (Wildman–Crippen LogP) is 5.40. The van der Waals surface area contributed by atoms with Crippen LogP contribution in [0.5, 0.6) is 5.88 Å². The number of anilines is 1. The molecular weight excluding hydrogens is 421 g/mol. The van der Waals surface area contributed by atoms with E-state index in [4.69, 9.17) is 11.6 Å². The quantitative estimate of drug-likeness (QED) is 0.550. The minimum absolute atomic E-state index is 0.0203. The van der Waals surface area contributed by atoms with E-state index in [1.165, 1.54) is 30.3 Å². The first-order chi connectivity index (χ1) is 13.6. The molecule has 0 aliphatic carbocycles. The second-order valence-corrected chi connectivity index (χ2v) is 6.04. The van der Waals surface area contributed by atoms with Crippen molar-refractivity contribution in [3.8, 4) is 11.6 Å². The van der Waals surface area contributed by atoms with E-state index in [0.717, 1.165) is 0 Å². The first-order valence-corrected chi connectivity index (χ1v) is 8.31. The molecule has 5 nitrogen and oxygen atoms in total. The maximum absolute atomic E-state index is 12.9. The number of carbonyl (C=O) groups is 1. The highest BCUT2D eigenvalue weighted by atomic mass is 35.5. The zero-order valence-electron chi connectivity index (χ0n) is 14.3. The average Bonchev–Trinajstić information content (AvgIpc) is 3.06. The van der Waals surface area contributed by atoms with Crippen LogP contribution in [0, 0.1) is 0 Å². The lowest BCUT2D eigenvalue weighted by Crippen LogP contribution is -2.12. The summed E-state index contributed by atoms with van der Waals surface area (Å²) in [5.74, 6) is -1.27. The molecule has 1 heterocycles. The smallest absolute Gasteiger partial charge is 0.417 e. The Morgan fingerprint density at radius 2 is 1.76 bits per heavy atom. The largest absolute Gasteiger partial charge is 0.435 e. The van der Waals surface area contributed by atoms with Gasteiger partial charge in [0.2, 0.25) is 5.88 Å². The Morgan fingerprint density at radius 3 is 2.34 bits per heavy atom. The fourth-order valence-electron chi connectivity index (χ4n) is 2.39. The molecule has 0 spiro atoms. The van der Waals surface area contributed by atoms with Gasteiger partial charge in [0.25, 0.3) is 5.91 Å². The van der Waals surface area contributed by atoms with Crippen LogP contribution in [-0.4, -0.2) is 22.3 Å². The van der Waals surface area contributed by atoms with E-state index in [1.807, 2.05) is 0 Å². The molecule has 29 heavy (non-hydrogen) atoms. The van der Waals surface area contributed by atoms with Gasteiger partial charge in [-0.05, 0) is 36.4 Å². The number of hydrogen-bond acceptors (Lipinski definition) is 3. The SMILES string of the molecule is O=C(Nc1ccc(-n2nc(C(F)(F)F)cc2OC(F)F)cc1)c1ccccc1Cl. The number of aromatic nitrogens is 2. The molecule has 0 saturated heterocycles. The first-order valence-electron chi connectivity index (χ1n) is 7.93. The molecule has 1 aromatic heterocycles. The fourth-order valence-corrected chi connectivity index (χ4v) is 2.61. The average molecular weight is 432 g/mol. The molecule has 0 saturated carbocycles. The molecule has 152 valence electrons. The third-order valence-corrected chi connectivity index (χ3v) is 3.99. The molecule has 0 fully saturated rings. The topological polar surface area (TPSA) is 56.2 Å². The molecule has 0 aliphatic rings. The van der Waals surface area contributed by atoms with E-state index in [9.17, 15) is 26.7 Å². The first kappa shape index (κ1) is 20.6. The van der Waals surface area contributed by atoms with Crippen LogP contribution in [0.4, 0.5) is 27.6 Å². The summed E-state index contributed by atoms with van der Waals surface area (Å²) in [7, 11) is 0. The van der Waals surface area contributed by atoms with Crippen LogP contribution in [0.3, 0.4) is 0 Å². The number of hydrogen-bond donors (Lipinski definition) is 1. The summed E-state index contributed by atoms with van der Waals surface area (Å²) in [5.41, 5.74) is -0.831. The van der Waals surface area contributed by atoms with Crippen molar-refractivity contribution in [1.29, 1.82) is 0 Å². The second kappa shape index (κ2) is 8.08. The normalized spacial score (nSPS) is 11.6. The third kappa shape index (κ3) is 4.83. The van der Waals surface area contributed by atoms with Gasteiger partial charge in [-0.3, -0.25) is 4.79 Å².